The number of para-hydroxylation sites is 1. The van der Waals surface area contributed by atoms with Gasteiger partial charge in [0.05, 0.1) is 22.1 Å². The normalized spacial score (nSPS) is 15.1. The van der Waals surface area contributed by atoms with Crippen molar-refractivity contribution in [2.24, 2.45) is 5.41 Å². The third-order valence-electron chi connectivity index (χ3n) is 8.29. The average molecular weight is 516 g/mol. The fraction of sp³-hybridized carbons (Fsp3) is 0.135. The summed E-state index contributed by atoms with van der Waals surface area (Å²) in [5.41, 5.74) is 9.47. The first-order valence-corrected chi connectivity index (χ1v) is 14.1. The van der Waals surface area contributed by atoms with Gasteiger partial charge < -0.3 is 0 Å². The van der Waals surface area contributed by atoms with Gasteiger partial charge in [-0.3, -0.25) is 4.57 Å². The highest BCUT2D eigenvalue weighted by Crippen LogP contribution is 2.37. The van der Waals surface area contributed by atoms with Gasteiger partial charge in [0.2, 0.25) is 5.95 Å². The molecule has 0 N–H and O–H groups in total. The van der Waals surface area contributed by atoms with Gasteiger partial charge in [0.1, 0.15) is 0 Å². The van der Waals surface area contributed by atoms with E-state index in [1.165, 1.54) is 38.5 Å². The van der Waals surface area contributed by atoms with Gasteiger partial charge in [-0.05, 0) is 53.3 Å². The Balaban J connectivity index is 1.39. The Bertz CT molecular complexity index is 2110. The number of aromatic nitrogens is 3. The van der Waals surface area contributed by atoms with E-state index in [2.05, 4.69) is 134 Å². The molecule has 2 aliphatic rings. The SMILES string of the molecule is CC1(C)C=c2nc(-n3c4ccccc4c4c5c(ccc43)C=CCC5)nc(-c3ccc(-c4ccccc4)cc3)c2=C1. The molecule has 40 heavy (non-hydrogen) atoms. The maximum atomic E-state index is 5.32. The summed E-state index contributed by atoms with van der Waals surface area (Å²) in [6, 6.07) is 32.5. The third kappa shape index (κ3) is 3.58. The van der Waals surface area contributed by atoms with Crippen molar-refractivity contribution in [3.8, 4) is 28.3 Å². The molecule has 0 unspecified atom stereocenters. The minimum absolute atomic E-state index is 0.0827. The number of aryl methyl sites for hydroxylation is 1. The molecular formula is C37H29N3. The maximum Gasteiger partial charge on any atom is 0.235 e. The van der Waals surface area contributed by atoms with Crippen LogP contribution in [0.15, 0.2) is 97.1 Å². The van der Waals surface area contributed by atoms with Crippen molar-refractivity contribution in [2.75, 3.05) is 0 Å². The number of benzene rings is 4. The Kier molecular flexibility index (Phi) is 4.99. The maximum absolute atomic E-state index is 5.32. The van der Waals surface area contributed by atoms with Crippen LogP contribution in [0.4, 0.5) is 0 Å². The van der Waals surface area contributed by atoms with E-state index in [1.807, 2.05) is 0 Å². The molecule has 0 amide bonds. The van der Waals surface area contributed by atoms with E-state index in [0.29, 0.717) is 0 Å². The predicted octanol–water partition coefficient (Wildman–Crippen LogP) is 7.47. The van der Waals surface area contributed by atoms with E-state index in [4.69, 9.17) is 9.97 Å². The molecule has 192 valence electrons. The van der Waals surface area contributed by atoms with Crippen LogP contribution in [0.1, 0.15) is 31.4 Å². The molecule has 3 heteroatoms. The summed E-state index contributed by atoms with van der Waals surface area (Å²) in [5.74, 6) is 0.723. The minimum Gasteiger partial charge on any atom is -0.278 e. The van der Waals surface area contributed by atoms with Crippen LogP contribution in [0.25, 0.3) is 68.4 Å². The second kappa shape index (κ2) is 8.62. The lowest BCUT2D eigenvalue weighted by Gasteiger charge is -2.13. The number of allylic oxidation sites excluding steroid dienone is 1. The van der Waals surface area contributed by atoms with Crippen LogP contribution in [0.5, 0.6) is 0 Å². The molecule has 0 saturated heterocycles. The van der Waals surface area contributed by atoms with Crippen molar-refractivity contribution in [1.29, 1.82) is 0 Å². The Labute approximate surface area is 233 Å². The minimum atomic E-state index is -0.0827. The first kappa shape index (κ1) is 23.2. The Morgan fingerprint density at radius 2 is 1.45 bits per heavy atom. The molecular weight excluding hydrogens is 486 g/mol. The zero-order valence-electron chi connectivity index (χ0n) is 22.7. The number of nitrogens with zero attached hydrogens (tertiary/aromatic N) is 3. The van der Waals surface area contributed by atoms with Gasteiger partial charge in [-0.2, -0.15) is 0 Å². The number of fused-ring (bicyclic) bond motifs is 6. The lowest BCUT2D eigenvalue weighted by molar-refractivity contribution is 0.723. The van der Waals surface area contributed by atoms with Crippen LogP contribution in [0.2, 0.25) is 0 Å². The zero-order valence-corrected chi connectivity index (χ0v) is 22.7. The second-order valence-corrected chi connectivity index (χ2v) is 11.5. The molecule has 2 aromatic heterocycles. The van der Waals surface area contributed by atoms with Crippen molar-refractivity contribution in [3.05, 3.63) is 119 Å². The lowest BCUT2D eigenvalue weighted by Crippen LogP contribution is -2.30. The summed E-state index contributed by atoms with van der Waals surface area (Å²) in [6.45, 7) is 4.47. The van der Waals surface area contributed by atoms with Gasteiger partial charge in [0, 0.05) is 27.0 Å². The highest BCUT2D eigenvalue weighted by molar-refractivity contribution is 6.11. The van der Waals surface area contributed by atoms with Gasteiger partial charge in [-0.15, -0.1) is 0 Å². The first-order chi connectivity index (χ1) is 19.6. The van der Waals surface area contributed by atoms with Gasteiger partial charge >= 0.3 is 0 Å². The fourth-order valence-corrected chi connectivity index (χ4v) is 6.49. The van der Waals surface area contributed by atoms with Crippen molar-refractivity contribution >= 4 is 40.0 Å². The zero-order chi connectivity index (χ0) is 26.8. The summed E-state index contributed by atoms with van der Waals surface area (Å²) in [4.78, 5) is 10.5. The molecule has 0 fully saturated rings. The summed E-state index contributed by atoms with van der Waals surface area (Å²) in [5, 5.41) is 4.71. The molecule has 0 saturated carbocycles. The van der Waals surface area contributed by atoms with Crippen molar-refractivity contribution in [3.63, 3.8) is 0 Å². The number of rotatable bonds is 3. The number of hydrogen-bond acceptors (Lipinski definition) is 2. The topological polar surface area (TPSA) is 30.7 Å². The van der Waals surface area contributed by atoms with Crippen LogP contribution in [-0.4, -0.2) is 14.5 Å². The summed E-state index contributed by atoms with van der Waals surface area (Å²) in [7, 11) is 0. The van der Waals surface area contributed by atoms with Crippen LogP contribution >= 0.6 is 0 Å². The molecule has 2 aliphatic carbocycles. The van der Waals surface area contributed by atoms with Gasteiger partial charge in [0.15, 0.2) is 0 Å². The van der Waals surface area contributed by atoms with Crippen LogP contribution in [0.3, 0.4) is 0 Å². The Hall–Kier alpha value is -4.76. The van der Waals surface area contributed by atoms with E-state index in [9.17, 15) is 0 Å². The molecule has 0 spiro atoms. The van der Waals surface area contributed by atoms with Gasteiger partial charge in [-0.25, -0.2) is 9.97 Å². The van der Waals surface area contributed by atoms with Crippen molar-refractivity contribution in [1.82, 2.24) is 14.5 Å². The highest BCUT2D eigenvalue weighted by Gasteiger charge is 2.23. The van der Waals surface area contributed by atoms with Crippen molar-refractivity contribution < 1.29 is 0 Å². The van der Waals surface area contributed by atoms with E-state index in [0.717, 1.165) is 46.1 Å². The molecule has 0 bridgehead atoms. The largest absolute Gasteiger partial charge is 0.278 e. The molecule has 2 heterocycles. The molecule has 0 radical (unpaired) electrons. The van der Waals surface area contributed by atoms with Gasteiger partial charge in [-0.1, -0.05) is 111 Å². The van der Waals surface area contributed by atoms with E-state index < -0.39 is 0 Å². The van der Waals surface area contributed by atoms with E-state index >= 15 is 0 Å². The third-order valence-corrected chi connectivity index (χ3v) is 8.29. The van der Waals surface area contributed by atoms with Crippen LogP contribution in [0, 0.1) is 5.41 Å². The van der Waals surface area contributed by atoms with E-state index in [-0.39, 0.29) is 5.41 Å². The Morgan fingerprint density at radius 3 is 2.30 bits per heavy atom. The quantitative estimate of drug-likeness (QED) is 0.245. The molecule has 8 rings (SSSR count). The van der Waals surface area contributed by atoms with Crippen molar-refractivity contribution in [2.45, 2.75) is 26.7 Å². The van der Waals surface area contributed by atoms with Gasteiger partial charge in [0.25, 0.3) is 0 Å². The summed E-state index contributed by atoms with van der Waals surface area (Å²) >= 11 is 0. The Morgan fingerprint density at radius 1 is 0.700 bits per heavy atom. The summed E-state index contributed by atoms with van der Waals surface area (Å²) < 4.78 is 2.27. The average Bonchev–Trinajstić information content (AvgIpc) is 3.50. The highest BCUT2D eigenvalue weighted by atomic mass is 15.2. The molecule has 4 aromatic carbocycles. The van der Waals surface area contributed by atoms with Crippen LogP contribution < -0.4 is 10.6 Å². The molecule has 0 aliphatic heterocycles. The molecule has 3 nitrogen and oxygen atoms in total. The van der Waals surface area contributed by atoms with Crippen LogP contribution in [-0.2, 0) is 6.42 Å². The standard InChI is InChI=1S/C37H29N3/c1-37(2)22-30-31(23-37)38-36(39-35(30)27-18-16-25(17-19-27)24-10-4-3-5-11-24)40-32-15-9-8-14-29(32)34-28-13-7-6-12-26(28)20-21-33(34)40/h3-6,8-12,14-23H,7,13H2,1-2H3. The van der Waals surface area contributed by atoms with E-state index in [1.54, 1.807) is 0 Å². The second-order valence-electron chi connectivity index (χ2n) is 11.5. The summed E-state index contributed by atoms with van der Waals surface area (Å²) in [6.07, 6.45) is 11.2. The monoisotopic (exact) mass is 515 g/mol. The smallest absolute Gasteiger partial charge is 0.235 e. The predicted molar refractivity (Wildman–Crippen MR) is 167 cm³/mol. The fourth-order valence-electron chi connectivity index (χ4n) is 6.49. The molecule has 0 atom stereocenters. The number of hydrogen-bond donors (Lipinski definition) is 0. The molecule has 6 aromatic rings. The first-order valence-electron chi connectivity index (χ1n) is 14.1. The lowest BCUT2D eigenvalue weighted by atomic mass is 9.93.